The maximum Gasteiger partial charge on any atom is 0.217 e. The Morgan fingerprint density at radius 2 is 2.06 bits per heavy atom. The number of aryl methyl sites for hydroxylation is 1. The highest BCUT2D eigenvalue weighted by atomic mass is 19.2. The van der Waals surface area contributed by atoms with Gasteiger partial charge in [-0.2, -0.15) is 0 Å². The average Bonchev–Trinajstić information content (AvgIpc) is 2.79. The van der Waals surface area contributed by atoms with Gasteiger partial charge in [-0.3, -0.25) is 4.79 Å². The van der Waals surface area contributed by atoms with E-state index in [0.29, 0.717) is 23.4 Å². The third-order valence-corrected chi connectivity index (χ3v) is 2.39. The molecule has 94 valence electrons. The summed E-state index contributed by atoms with van der Waals surface area (Å²) >= 11 is 0. The standard InChI is InChI=1S/C12H10F2N2O2/c13-9-3-1-7(5-10(9)14)11-6-8(18-16-11)2-4-12(15)17/h1,3,5-6H,2,4H2,(H2,15,17). The molecule has 1 amide bonds. The fraction of sp³-hybridized carbons (Fsp3) is 0.167. The molecule has 0 aliphatic rings. The van der Waals surface area contributed by atoms with Crippen molar-refractivity contribution in [3.8, 4) is 11.3 Å². The van der Waals surface area contributed by atoms with Crippen LogP contribution in [-0.2, 0) is 11.2 Å². The second-order valence-corrected chi connectivity index (χ2v) is 3.77. The smallest absolute Gasteiger partial charge is 0.217 e. The molecular formula is C12H10F2N2O2. The van der Waals surface area contributed by atoms with Crippen molar-refractivity contribution in [1.29, 1.82) is 0 Å². The maximum atomic E-state index is 13.0. The number of hydrogen-bond acceptors (Lipinski definition) is 3. The largest absolute Gasteiger partial charge is 0.370 e. The molecule has 1 aromatic heterocycles. The zero-order valence-corrected chi connectivity index (χ0v) is 9.32. The lowest BCUT2D eigenvalue weighted by atomic mass is 10.1. The van der Waals surface area contributed by atoms with Crippen molar-refractivity contribution in [2.45, 2.75) is 12.8 Å². The van der Waals surface area contributed by atoms with E-state index < -0.39 is 17.5 Å². The number of rotatable bonds is 4. The minimum atomic E-state index is -0.950. The lowest BCUT2D eigenvalue weighted by molar-refractivity contribution is -0.118. The van der Waals surface area contributed by atoms with Crippen LogP contribution < -0.4 is 5.73 Å². The molecule has 0 unspecified atom stereocenters. The molecule has 0 saturated carbocycles. The predicted octanol–water partition coefficient (Wildman–Crippen LogP) is 2.04. The Bertz CT molecular complexity index is 581. The van der Waals surface area contributed by atoms with Crippen LogP contribution in [-0.4, -0.2) is 11.1 Å². The second kappa shape index (κ2) is 4.95. The van der Waals surface area contributed by atoms with Crippen LogP contribution in [0.25, 0.3) is 11.3 Å². The average molecular weight is 252 g/mol. The van der Waals surface area contributed by atoms with Crippen LogP contribution in [0.3, 0.4) is 0 Å². The molecule has 0 spiro atoms. The highest BCUT2D eigenvalue weighted by Crippen LogP contribution is 2.21. The first-order chi connectivity index (χ1) is 8.56. The number of hydrogen-bond donors (Lipinski definition) is 1. The zero-order valence-electron chi connectivity index (χ0n) is 9.32. The molecule has 0 saturated heterocycles. The maximum absolute atomic E-state index is 13.0. The molecule has 4 nitrogen and oxygen atoms in total. The summed E-state index contributed by atoms with van der Waals surface area (Å²) < 4.78 is 30.8. The number of carbonyl (C=O) groups excluding carboxylic acids is 1. The summed E-state index contributed by atoms with van der Waals surface area (Å²) in [6.07, 6.45) is 0.471. The SMILES string of the molecule is NC(=O)CCc1cc(-c2ccc(F)c(F)c2)no1. The summed E-state index contributed by atoms with van der Waals surface area (Å²) in [6, 6.07) is 5.01. The van der Waals surface area contributed by atoms with E-state index in [9.17, 15) is 13.6 Å². The third-order valence-electron chi connectivity index (χ3n) is 2.39. The molecule has 1 aromatic carbocycles. The number of carbonyl (C=O) groups is 1. The lowest BCUT2D eigenvalue weighted by Gasteiger charge is -1.96. The van der Waals surface area contributed by atoms with Crippen molar-refractivity contribution in [2.24, 2.45) is 5.73 Å². The number of aromatic nitrogens is 1. The van der Waals surface area contributed by atoms with E-state index in [1.54, 1.807) is 6.07 Å². The van der Waals surface area contributed by atoms with E-state index in [-0.39, 0.29) is 6.42 Å². The molecule has 0 aliphatic heterocycles. The highest BCUT2D eigenvalue weighted by molar-refractivity contribution is 5.74. The Morgan fingerprint density at radius 3 is 2.72 bits per heavy atom. The summed E-state index contributed by atoms with van der Waals surface area (Å²) in [5.74, 6) is -1.85. The quantitative estimate of drug-likeness (QED) is 0.905. The Labute approximate surface area is 101 Å². The van der Waals surface area contributed by atoms with Gasteiger partial charge in [-0.1, -0.05) is 5.16 Å². The number of nitrogens with zero attached hydrogens (tertiary/aromatic N) is 1. The van der Waals surface area contributed by atoms with Crippen LogP contribution >= 0.6 is 0 Å². The van der Waals surface area contributed by atoms with E-state index in [4.69, 9.17) is 10.3 Å². The molecule has 6 heteroatoms. The second-order valence-electron chi connectivity index (χ2n) is 3.77. The van der Waals surface area contributed by atoms with Gasteiger partial charge in [0.1, 0.15) is 11.5 Å². The fourth-order valence-corrected chi connectivity index (χ4v) is 1.47. The van der Waals surface area contributed by atoms with E-state index >= 15 is 0 Å². The van der Waals surface area contributed by atoms with E-state index in [1.165, 1.54) is 6.07 Å². The molecule has 0 fully saturated rings. The molecule has 2 aromatic rings. The Balaban J connectivity index is 2.18. The first-order valence-electron chi connectivity index (χ1n) is 5.25. The Hall–Kier alpha value is -2.24. The van der Waals surface area contributed by atoms with Gasteiger partial charge in [-0.25, -0.2) is 8.78 Å². The van der Waals surface area contributed by atoms with E-state index in [0.717, 1.165) is 12.1 Å². The lowest BCUT2D eigenvalue weighted by Crippen LogP contribution is -2.10. The first kappa shape index (κ1) is 12.2. The van der Waals surface area contributed by atoms with Gasteiger partial charge >= 0.3 is 0 Å². The van der Waals surface area contributed by atoms with Gasteiger partial charge < -0.3 is 10.3 Å². The number of primary amides is 1. The van der Waals surface area contributed by atoms with Gasteiger partial charge in [0.2, 0.25) is 5.91 Å². The Morgan fingerprint density at radius 1 is 1.28 bits per heavy atom. The molecule has 0 bridgehead atoms. The van der Waals surface area contributed by atoms with Gasteiger partial charge in [0, 0.05) is 24.5 Å². The van der Waals surface area contributed by atoms with Crippen molar-refractivity contribution in [2.75, 3.05) is 0 Å². The van der Waals surface area contributed by atoms with Crippen LogP contribution in [0.1, 0.15) is 12.2 Å². The van der Waals surface area contributed by atoms with Gasteiger partial charge in [-0.05, 0) is 18.2 Å². The van der Waals surface area contributed by atoms with Crippen LogP contribution in [0.15, 0.2) is 28.8 Å². The Kier molecular flexibility index (Phi) is 3.36. The molecular weight excluding hydrogens is 242 g/mol. The fourth-order valence-electron chi connectivity index (χ4n) is 1.47. The molecule has 0 atom stereocenters. The molecule has 0 radical (unpaired) electrons. The highest BCUT2D eigenvalue weighted by Gasteiger charge is 2.10. The van der Waals surface area contributed by atoms with Gasteiger partial charge in [0.05, 0.1) is 0 Å². The predicted molar refractivity (Wildman–Crippen MR) is 59.4 cm³/mol. The van der Waals surface area contributed by atoms with Crippen LogP contribution in [0.2, 0.25) is 0 Å². The first-order valence-corrected chi connectivity index (χ1v) is 5.25. The van der Waals surface area contributed by atoms with Gasteiger partial charge in [0.25, 0.3) is 0 Å². The van der Waals surface area contributed by atoms with Crippen molar-refractivity contribution in [3.63, 3.8) is 0 Å². The van der Waals surface area contributed by atoms with Crippen LogP contribution in [0.4, 0.5) is 8.78 Å². The molecule has 1 heterocycles. The van der Waals surface area contributed by atoms with Gasteiger partial charge in [0.15, 0.2) is 11.6 Å². The summed E-state index contributed by atoms with van der Waals surface area (Å²) in [7, 11) is 0. The number of halogens is 2. The summed E-state index contributed by atoms with van der Waals surface area (Å²) in [5.41, 5.74) is 5.79. The number of nitrogens with two attached hydrogens (primary N) is 1. The topological polar surface area (TPSA) is 69.1 Å². The summed E-state index contributed by atoms with van der Waals surface area (Å²) in [6.45, 7) is 0. The van der Waals surface area contributed by atoms with Gasteiger partial charge in [-0.15, -0.1) is 0 Å². The van der Waals surface area contributed by atoms with Crippen LogP contribution in [0, 0.1) is 11.6 Å². The van der Waals surface area contributed by atoms with E-state index in [2.05, 4.69) is 5.16 Å². The van der Waals surface area contributed by atoms with Crippen molar-refractivity contribution in [3.05, 3.63) is 41.7 Å². The van der Waals surface area contributed by atoms with Crippen molar-refractivity contribution >= 4 is 5.91 Å². The number of amides is 1. The van der Waals surface area contributed by atoms with Crippen molar-refractivity contribution < 1.29 is 18.1 Å². The molecule has 0 aliphatic carbocycles. The minimum Gasteiger partial charge on any atom is -0.370 e. The molecule has 2 rings (SSSR count). The number of benzene rings is 1. The van der Waals surface area contributed by atoms with E-state index in [1.807, 2.05) is 0 Å². The minimum absolute atomic E-state index is 0.145. The molecule has 2 N–H and O–H groups in total. The third kappa shape index (κ3) is 2.71. The summed E-state index contributed by atoms with van der Waals surface area (Å²) in [5, 5.41) is 3.72. The van der Waals surface area contributed by atoms with Crippen molar-refractivity contribution in [1.82, 2.24) is 5.16 Å². The van der Waals surface area contributed by atoms with Crippen LogP contribution in [0.5, 0.6) is 0 Å². The monoisotopic (exact) mass is 252 g/mol. The summed E-state index contributed by atoms with van der Waals surface area (Å²) in [4.78, 5) is 10.6. The zero-order chi connectivity index (χ0) is 13.1. The molecule has 18 heavy (non-hydrogen) atoms. The normalized spacial score (nSPS) is 10.6.